The molecule has 0 saturated carbocycles. The van der Waals surface area contributed by atoms with E-state index in [1.807, 2.05) is 25.3 Å². The number of benzene rings is 1. The number of non-ortho nitro benzene ring substituents is 1. The number of nitro benzene ring substituents is 1. The molecular weight excluding hydrogens is 256 g/mol. The van der Waals surface area contributed by atoms with Crippen molar-refractivity contribution in [1.29, 1.82) is 0 Å². The predicted molar refractivity (Wildman–Crippen MR) is 78.1 cm³/mol. The van der Waals surface area contributed by atoms with Crippen LogP contribution in [0.3, 0.4) is 0 Å². The van der Waals surface area contributed by atoms with Crippen LogP contribution in [0.4, 0.5) is 11.4 Å². The molecule has 0 fully saturated rings. The van der Waals surface area contributed by atoms with Crippen molar-refractivity contribution in [2.75, 3.05) is 11.9 Å². The zero-order chi connectivity index (χ0) is 14.7. The molecule has 0 aliphatic heterocycles. The molecule has 0 spiro atoms. The summed E-state index contributed by atoms with van der Waals surface area (Å²) in [6, 6.07) is 4.90. The largest absolute Gasteiger partial charge is 0.385 e. The highest BCUT2D eigenvalue weighted by molar-refractivity contribution is 5.56. The Morgan fingerprint density at radius 3 is 2.70 bits per heavy atom. The summed E-state index contributed by atoms with van der Waals surface area (Å²) < 4.78 is 2.00. The molecule has 1 N–H and O–H groups in total. The van der Waals surface area contributed by atoms with Gasteiger partial charge in [-0.3, -0.25) is 10.1 Å². The van der Waals surface area contributed by atoms with Crippen LogP contribution in [-0.2, 0) is 6.54 Å². The second-order valence-corrected chi connectivity index (χ2v) is 4.67. The van der Waals surface area contributed by atoms with Crippen LogP contribution >= 0.6 is 0 Å². The lowest BCUT2D eigenvalue weighted by Gasteiger charge is -2.12. The Bertz CT molecular complexity index is 634. The first kappa shape index (κ1) is 14.0. The number of nitrogens with one attached hydrogen (secondary N) is 1. The lowest BCUT2D eigenvalue weighted by molar-refractivity contribution is -0.384. The van der Waals surface area contributed by atoms with E-state index in [9.17, 15) is 10.1 Å². The van der Waals surface area contributed by atoms with Crippen molar-refractivity contribution in [3.8, 4) is 0 Å². The summed E-state index contributed by atoms with van der Waals surface area (Å²) in [5, 5.41) is 14.1. The molecule has 0 bridgehead atoms. The third kappa shape index (κ3) is 2.79. The van der Waals surface area contributed by atoms with Gasteiger partial charge in [0.05, 0.1) is 23.5 Å². The van der Waals surface area contributed by atoms with Crippen molar-refractivity contribution >= 4 is 11.4 Å². The molecule has 0 radical (unpaired) electrons. The van der Waals surface area contributed by atoms with Crippen molar-refractivity contribution in [2.45, 2.75) is 27.3 Å². The molecule has 0 unspecified atom stereocenters. The first-order chi connectivity index (χ1) is 9.52. The Balaban J connectivity index is 2.39. The molecule has 106 valence electrons. The summed E-state index contributed by atoms with van der Waals surface area (Å²) in [6.07, 6.45) is 1.76. The van der Waals surface area contributed by atoms with Gasteiger partial charge in [-0.1, -0.05) is 0 Å². The van der Waals surface area contributed by atoms with Gasteiger partial charge in [0.25, 0.3) is 5.69 Å². The molecule has 6 heteroatoms. The van der Waals surface area contributed by atoms with Crippen molar-refractivity contribution in [3.05, 3.63) is 51.6 Å². The molecule has 1 heterocycles. The van der Waals surface area contributed by atoms with E-state index in [0.717, 1.165) is 29.2 Å². The van der Waals surface area contributed by atoms with Crippen molar-refractivity contribution in [3.63, 3.8) is 0 Å². The lowest BCUT2D eigenvalue weighted by Crippen LogP contribution is -2.07. The topological polar surface area (TPSA) is 73.0 Å². The van der Waals surface area contributed by atoms with Gasteiger partial charge in [-0.2, -0.15) is 0 Å². The Morgan fingerprint density at radius 2 is 2.15 bits per heavy atom. The van der Waals surface area contributed by atoms with Crippen LogP contribution in [0.15, 0.2) is 24.5 Å². The maximum absolute atomic E-state index is 10.9. The number of hydrogen-bond donors (Lipinski definition) is 1. The number of aryl methyl sites for hydroxylation is 1. The maximum atomic E-state index is 10.9. The van der Waals surface area contributed by atoms with E-state index in [2.05, 4.69) is 10.3 Å². The third-order valence-electron chi connectivity index (χ3n) is 3.35. The van der Waals surface area contributed by atoms with E-state index in [1.165, 1.54) is 6.07 Å². The highest BCUT2D eigenvalue weighted by Gasteiger charge is 2.12. The first-order valence-corrected chi connectivity index (χ1v) is 6.52. The van der Waals surface area contributed by atoms with Crippen LogP contribution in [0.2, 0.25) is 0 Å². The number of anilines is 1. The SMILES string of the molecule is CCNc1ccc([N+](=O)[O-])cc1Cn1cnc(C)c1C. The quantitative estimate of drug-likeness (QED) is 0.672. The smallest absolute Gasteiger partial charge is 0.269 e. The monoisotopic (exact) mass is 274 g/mol. The minimum atomic E-state index is -0.370. The fraction of sp³-hybridized carbons (Fsp3) is 0.357. The van der Waals surface area contributed by atoms with Crippen LogP contribution in [-0.4, -0.2) is 21.0 Å². The zero-order valence-electron chi connectivity index (χ0n) is 11.9. The van der Waals surface area contributed by atoms with E-state index in [1.54, 1.807) is 18.5 Å². The summed E-state index contributed by atoms with van der Waals surface area (Å²) in [6.45, 7) is 7.28. The number of rotatable bonds is 5. The molecule has 0 aliphatic rings. The maximum Gasteiger partial charge on any atom is 0.269 e. The van der Waals surface area contributed by atoms with Gasteiger partial charge in [0.1, 0.15) is 0 Å². The minimum absolute atomic E-state index is 0.108. The van der Waals surface area contributed by atoms with Gasteiger partial charge in [-0.25, -0.2) is 4.98 Å². The third-order valence-corrected chi connectivity index (χ3v) is 3.35. The fourth-order valence-electron chi connectivity index (χ4n) is 2.07. The van der Waals surface area contributed by atoms with Crippen molar-refractivity contribution in [2.24, 2.45) is 0 Å². The highest BCUT2D eigenvalue weighted by Crippen LogP contribution is 2.23. The lowest BCUT2D eigenvalue weighted by atomic mass is 10.1. The summed E-state index contributed by atoms with van der Waals surface area (Å²) in [5.41, 5.74) is 3.96. The number of nitrogens with zero attached hydrogens (tertiary/aromatic N) is 3. The Labute approximate surface area is 117 Å². The number of imidazole rings is 1. The van der Waals surface area contributed by atoms with E-state index in [-0.39, 0.29) is 10.6 Å². The molecule has 0 aliphatic carbocycles. The summed E-state index contributed by atoms with van der Waals surface area (Å²) in [4.78, 5) is 14.8. The Kier molecular flexibility index (Phi) is 4.02. The van der Waals surface area contributed by atoms with E-state index >= 15 is 0 Å². The minimum Gasteiger partial charge on any atom is -0.385 e. The molecule has 2 rings (SSSR count). The molecule has 0 atom stereocenters. The average Bonchev–Trinajstić information content (AvgIpc) is 2.73. The first-order valence-electron chi connectivity index (χ1n) is 6.52. The predicted octanol–water partition coefficient (Wildman–Crippen LogP) is 2.89. The van der Waals surface area contributed by atoms with Gasteiger partial charge in [-0.15, -0.1) is 0 Å². The molecular formula is C14H18N4O2. The highest BCUT2D eigenvalue weighted by atomic mass is 16.6. The van der Waals surface area contributed by atoms with Crippen LogP contribution in [0.5, 0.6) is 0 Å². The number of nitro groups is 1. The Hall–Kier alpha value is -2.37. The molecule has 1 aromatic heterocycles. The van der Waals surface area contributed by atoms with E-state index in [0.29, 0.717) is 6.54 Å². The fourth-order valence-corrected chi connectivity index (χ4v) is 2.07. The Morgan fingerprint density at radius 1 is 1.40 bits per heavy atom. The number of hydrogen-bond acceptors (Lipinski definition) is 4. The van der Waals surface area contributed by atoms with Crippen LogP contribution in [0.25, 0.3) is 0 Å². The summed E-state index contributed by atoms with van der Waals surface area (Å²) >= 11 is 0. The molecule has 2 aromatic rings. The van der Waals surface area contributed by atoms with Gasteiger partial charge in [0.15, 0.2) is 0 Å². The molecule has 1 aromatic carbocycles. The molecule has 20 heavy (non-hydrogen) atoms. The van der Waals surface area contributed by atoms with Gasteiger partial charge in [0.2, 0.25) is 0 Å². The van der Waals surface area contributed by atoms with Crippen LogP contribution < -0.4 is 5.32 Å². The van der Waals surface area contributed by atoms with E-state index < -0.39 is 0 Å². The molecule has 6 nitrogen and oxygen atoms in total. The van der Waals surface area contributed by atoms with Gasteiger partial charge in [0, 0.05) is 35.6 Å². The second kappa shape index (κ2) is 5.73. The van der Waals surface area contributed by atoms with Gasteiger partial charge < -0.3 is 9.88 Å². The summed E-state index contributed by atoms with van der Waals surface area (Å²) in [7, 11) is 0. The standard InChI is InChI=1S/C14H18N4O2/c1-4-15-14-6-5-13(18(19)20)7-12(14)8-17-9-16-10(2)11(17)3/h5-7,9,15H,4,8H2,1-3H3. The average molecular weight is 274 g/mol. The second-order valence-electron chi connectivity index (χ2n) is 4.67. The van der Waals surface area contributed by atoms with Crippen molar-refractivity contribution < 1.29 is 4.92 Å². The molecule has 0 amide bonds. The number of aromatic nitrogens is 2. The van der Waals surface area contributed by atoms with Crippen molar-refractivity contribution in [1.82, 2.24) is 9.55 Å². The zero-order valence-corrected chi connectivity index (χ0v) is 11.9. The van der Waals surface area contributed by atoms with Crippen LogP contribution in [0, 0.1) is 24.0 Å². The normalized spacial score (nSPS) is 10.6. The summed E-state index contributed by atoms with van der Waals surface area (Å²) in [5.74, 6) is 0. The van der Waals surface area contributed by atoms with E-state index in [4.69, 9.17) is 0 Å². The van der Waals surface area contributed by atoms with Gasteiger partial charge >= 0.3 is 0 Å². The van der Waals surface area contributed by atoms with Gasteiger partial charge in [-0.05, 0) is 26.8 Å². The molecule has 0 saturated heterocycles. The van der Waals surface area contributed by atoms with Crippen LogP contribution in [0.1, 0.15) is 23.9 Å².